The predicted octanol–water partition coefficient (Wildman–Crippen LogP) is 6.72. The second-order valence-corrected chi connectivity index (χ2v) is 8.90. The number of hydrogen-bond acceptors (Lipinski definition) is 3. The van der Waals surface area contributed by atoms with Crippen molar-refractivity contribution in [1.29, 1.82) is 0 Å². The maximum absolute atomic E-state index is 6.28. The van der Waals surface area contributed by atoms with Gasteiger partial charge < -0.3 is 0 Å². The molecule has 0 radical (unpaired) electrons. The first kappa shape index (κ1) is 19.7. The minimum atomic E-state index is 0.0977. The van der Waals surface area contributed by atoms with Crippen LogP contribution in [-0.4, -0.2) is 11.5 Å². The van der Waals surface area contributed by atoms with Gasteiger partial charge in [0.05, 0.1) is 5.69 Å². The van der Waals surface area contributed by atoms with Crippen molar-refractivity contribution in [2.24, 2.45) is 10.1 Å². The van der Waals surface area contributed by atoms with Crippen molar-refractivity contribution in [2.45, 2.75) is 26.2 Å². The number of nitrogens with one attached hydrogen (secondary N) is 1. The number of nitrogens with zero attached hydrogens (tertiary/aromatic N) is 2. The van der Waals surface area contributed by atoms with Crippen molar-refractivity contribution in [3.8, 4) is 0 Å². The lowest BCUT2D eigenvalue weighted by Crippen LogP contribution is -2.20. The van der Waals surface area contributed by atoms with Crippen LogP contribution in [0.15, 0.2) is 76.8 Å². The van der Waals surface area contributed by atoms with E-state index in [-0.39, 0.29) is 5.41 Å². The minimum absolute atomic E-state index is 0.0977. The topological polar surface area (TPSA) is 36.8 Å². The number of halogens is 2. The molecule has 146 valence electrons. The lowest BCUT2D eigenvalue weighted by Gasteiger charge is -2.19. The highest BCUT2D eigenvalue weighted by atomic mass is 35.5. The molecule has 0 saturated heterocycles. The summed E-state index contributed by atoms with van der Waals surface area (Å²) in [5, 5.41) is 5.99. The molecule has 0 spiro atoms. The van der Waals surface area contributed by atoms with Crippen LogP contribution in [0.2, 0.25) is 10.0 Å². The van der Waals surface area contributed by atoms with Crippen molar-refractivity contribution in [3.05, 3.63) is 99.0 Å². The molecule has 0 aliphatic carbocycles. The third-order valence-corrected chi connectivity index (χ3v) is 5.35. The molecule has 1 aliphatic rings. The molecule has 0 atom stereocenters. The molecule has 0 aromatic heterocycles. The Hall–Kier alpha value is -2.62. The summed E-state index contributed by atoms with van der Waals surface area (Å²) in [5.74, 6) is 0.693. The number of hydrogen-bond donors (Lipinski definition) is 1. The Balaban J connectivity index is 1.79. The Morgan fingerprint density at radius 2 is 1.38 bits per heavy atom. The van der Waals surface area contributed by atoms with Gasteiger partial charge in [0.2, 0.25) is 0 Å². The Kier molecular flexibility index (Phi) is 5.20. The van der Waals surface area contributed by atoms with Gasteiger partial charge in [-0.2, -0.15) is 5.10 Å². The van der Waals surface area contributed by atoms with Gasteiger partial charge in [0.1, 0.15) is 5.71 Å². The van der Waals surface area contributed by atoms with Gasteiger partial charge in [-0.25, -0.2) is 4.99 Å². The van der Waals surface area contributed by atoms with Gasteiger partial charge in [-0.15, -0.1) is 0 Å². The van der Waals surface area contributed by atoms with E-state index in [1.807, 2.05) is 42.5 Å². The van der Waals surface area contributed by atoms with Crippen molar-refractivity contribution < 1.29 is 0 Å². The van der Waals surface area contributed by atoms with Crippen LogP contribution in [0, 0.1) is 0 Å². The van der Waals surface area contributed by atoms with E-state index in [1.54, 1.807) is 0 Å². The Labute approximate surface area is 181 Å². The van der Waals surface area contributed by atoms with Crippen LogP contribution in [0.25, 0.3) is 0 Å². The van der Waals surface area contributed by atoms with E-state index in [2.05, 4.69) is 55.6 Å². The number of benzene rings is 3. The summed E-state index contributed by atoms with van der Waals surface area (Å²) in [7, 11) is 0. The zero-order valence-corrected chi connectivity index (χ0v) is 18.0. The van der Waals surface area contributed by atoms with Crippen LogP contribution < -0.4 is 5.43 Å². The number of rotatable bonds is 2. The summed E-state index contributed by atoms with van der Waals surface area (Å²) < 4.78 is 0. The molecule has 1 N–H and O–H groups in total. The zero-order chi connectivity index (χ0) is 20.6. The van der Waals surface area contributed by atoms with Crippen LogP contribution >= 0.6 is 23.2 Å². The predicted molar refractivity (Wildman–Crippen MR) is 123 cm³/mol. The van der Waals surface area contributed by atoms with Crippen LogP contribution in [0.5, 0.6) is 0 Å². The van der Waals surface area contributed by atoms with Crippen LogP contribution in [0.1, 0.15) is 43.0 Å². The first-order chi connectivity index (χ1) is 13.8. The monoisotopic (exact) mass is 421 g/mol. The molecule has 0 amide bonds. The van der Waals surface area contributed by atoms with E-state index in [1.165, 1.54) is 5.56 Å². The fourth-order valence-corrected chi connectivity index (χ4v) is 3.49. The molecule has 5 heteroatoms. The SMILES string of the molecule is CC(C)(C)c1ccc(C2=Nc3ccc(Cl)cc3C(c3ccc(Cl)cc3)=NN2)cc1. The first-order valence-corrected chi connectivity index (χ1v) is 10.2. The second-order valence-electron chi connectivity index (χ2n) is 8.03. The van der Waals surface area contributed by atoms with Crippen molar-refractivity contribution in [1.82, 2.24) is 5.43 Å². The van der Waals surface area contributed by atoms with Gasteiger partial charge in [0.25, 0.3) is 0 Å². The van der Waals surface area contributed by atoms with Crippen LogP contribution in [0.4, 0.5) is 5.69 Å². The average molecular weight is 422 g/mol. The van der Waals surface area contributed by atoms with Gasteiger partial charge >= 0.3 is 0 Å². The molecule has 3 aromatic rings. The standard InChI is InChI=1S/C24H21Cl2N3/c1-24(2,3)17-8-4-16(5-9-17)23-27-21-13-12-19(26)14-20(21)22(28-29-23)15-6-10-18(25)11-7-15/h4-14H,1-3H3,(H,27,29). The van der Waals surface area contributed by atoms with Crippen molar-refractivity contribution in [2.75, 3.05) is 0 Å². The molecule has 4 rings (SSSR count). The molecule has 3 aromatic carbocycles. The van der Waals surface area contributed by atoms with Gasteiger partial charge in [0.15, 0.2) is 5.84 Å². The fraction of sp³-hybridized carbons (Fsp3) is 0.167. The van der Waals surface area contributed by atoms with E-state index in [0.29, 0.717) is 15.9 Å². The summed E-state index contributed by atoms with van der Waals surface area (Å²) in [6.45, 7) is 6.60. The Bertz CT molecular complexity index is 1110. The molecular formula is C24H21Cl2N3. The van der Waals surface area contributed by atoms with Crippen LogP contribution in [-0.2, 0) is 5.41 Å². The Morgan fingerprint density at radius 3 is 2.03 bits per heavy atom. The highest BCUT2D eigenvalue weighted by Gasteiger charge is 2.19. The number of hydrazone groups is 1. The smallest absolute Gasteiger partial charge is 0.154 e. The van der Waals surface area contributed by atoms with E-state index < -0.39 is 0 Å². The quantitative estimate of drug-likeness (QED) is 0.489. The van der Waals surface area contributed by atoms with Gasteiger partial charge in [-0.05, 0) is 41.3 Å². The van der Waals surface area contributed by atoms with Crippen LogP contribution in [0.3, 0.4) is 0 Å². The molecule has 0 fully saturated rings. The molecule has 0 unspecified atom stereocenters. The van der Waals surface area contributed by atoms with Gasteiger partial charge in [-0.3, -0.25) is 5.43 Å². The maximum atomic E-state index is 6.28. The normalized spacial score (nSPS) is 13.7. The summed E-state index contributed by atoms with van der Waals surface area (Å²) in [6.07, 6.45) is 0. The third-order valence-electron chi connectivity index (χ3n) is 4.86. The molecule has 29 heavy (non-hydrogen) atoms. The Morgan fingerprint density at radius 1 is 0.759 bits per heavy atom. The molecule has 1 aliphatic heterocycles. The van der Waals surface area contributed by atoms with E-state index in [4.69, 9.17) is 28.2 Å². The highest BCUT2D eigenvalue weighted by Crippen LogP contribution is 2.29. The number of fused-ring (bicyclic) bond motifs is 1. The maximum Gasteiger partial charge on any atom is 0.154 e. The molecule has 1 heterocycles. The number of aliphatic imine (C=N–C) groups is 1. The fourth-order valence-electron chi connectivity index (χ4n) is 3.19. The summed E-state index contributed by atoms with van der Waals surface area (Å²) in [6, 6.07) is 21.6. The summed E-state index contributed by atoms with van der Waals surface area (Å²) in [4.78, 5) is 4.84. The van der Waals surface area contributed by atoms with E-state index in [9.17, 15) is 0 Å². The van der Waals surface area contributed by atoms with Gasteiger partial charge in [-0.1, -0.05) is 80.4 Å². The zero-order valence-electron chi connectivity index (χ0n) is 16.5. The molecular weight excluding hydrogens is 401 g/mol. The van der Waals surface area contributed by atoms with Crippen molar-refractivity contribution >= 4 is 40.4 Å². The van der Waals surface area contributed by atoms with Crippen molar-refractivity contribution in [3.63, 3.8) is 0 Å². The summed E-state index contributed by atoms with van der Waals surface area (Å²) in [5.41, 5.74) is 8.87. The number of amidine groups is 1. The minimum Gasteiger partial charge on any atom is -0.260 e. The first-order valence-electron chi connectivity index (χ1n) is 9.40. The third kappa shape index (κ3) is 4.21. The van der Waals surface area contributed by atoms with E-state index in [0.717, 1.165) is 28.1 Å². The largest absolute Gasteiger partial charge is 0.260 e. The second kappa shape index (κ2) is 7.66. The highest BCUT2D eigenvalue weighted by molar-refractivity contribution is 6.32. The molecule has 3 nitrogen and oxygen atoms in total. The molecule has 0 saturated carbocycles. The van der Waals surface area contributed by atoms with Gasteiger partial charge in [0, 0.05) is 26.7 Å². The lowest BCUT2D eigenvalue weighted by atomic mass is 9.86. The molecule has 0 bridgehead atoms. The van der Waals surface area contributed by atoms with E-state index >= 15 is 0 Å². The summed E-state index contributed by atoms with van der Waals surface area (Å²) >= 11 is 12.3. The average Bonchev–Trinajstić information content (AvgIpc) is 2.87. The lowest BCUT2D eigenvalue weighted by molar-refractivity contribution is 0.590.